The van der Waals surface area contributed by atoms with Crippen LogP contribution in [0.1, 0.15) is 30.0 Å². The molecule has 0 aliphatic carbocycles. The van der Waals surface area contributed by atoms with Crippen molar-refractivity contribution < 1.29 is 10.0 Å². The molecule has 1 fully saturated rings. The molecule has 3 rings (SSSR count). The average Bonchev–Trinajstić information content (AvgIpc) is 2.38. The minimum absolute atomic E-state index is 0.0621. The van der Waals surface area contributed by atoms with Gasteiger partial charge in [0.25, 0.3) is 0 Å². The van der Waals surface area contributed by atoms with Gasteiger partial charge in [0.1, 0.15) is 0 Å². The lowest BCUT2D eigenvalue weighted by molar-refractivity contribution is -0.133. The SMILES string of the molecule is O=C1C/C(=N/O)CC2c3ccccc3CCN12. The number of piperidine rings is 1. The third-order valence-corrected chi connectivity index (χ3v) is 3.66. The van der Waals surface area contributed by atoms with Crippen molar-refractivity contribution in [3.05, 3.63) is 35.4 Å². The fraction of sp³-hybridized carbons (Fsp3) is 0.385. The molecule has 2 aliphatic rings. The van der Waals surface area contributed by atoms with Crippen LogP contribution in [0.3, 0.4) is 0 Å². The average molecular weight is 230 g/mol. The zero-order chi connectivity index (χ0) is 11.8. The maximum atomic E-state index is 11.9. The van der Waals surface area contributed by atoms with Gasteiger partial charge in [0.15, 0.2) is 0 Å². The molecule has 1 unspecified atom stereocenters. The lowest BCUT2D eigenvalue weighted by Gasteiger charge is -2.40. The van der Waals surface area contributed by atoms with Crippen molar-refractivity contribution in [2.45, 2.75) is 25.3 Å². The Morgan fingerprint density at radius 3 is 3.00 bits per heavy atom. The standard InChI is InChI=1S/C13H14N2O2/c16-13-8-10(14-17)7-12-11-4-2-1-3-9(11)5-6-15(12)13/h1-4,12,17H,5-8H2/b14-10+. The van der Waals surface area contributed by atoms with Crippen LogP contribution in [-0.2, 0) is 11.2 Å². The van der Waals surface area contributed by atoms with Crippen molar-refractivity contribution in [3.63, 3.8) is 0 Å². The van der Waals surface area contributed by atoms with Gasteiger partial charge in [-0.2, -0.15) is 0 Å². The lowest BCUT2D eigenvalue weighted by atomic mass is 9.86. The molecule has 1 N–H and O–H groups in total. The van der Waals surface area contributed by atoms with E-state index in [0.29, 0.717) is 12.1 Å². The summed E-state index contributed by atoms with van der Waals surface area (Å²) in [5.41, 5.74) is 3.10. The first-order valence-corrected chi connectivity index (χ1v) is 5.86. The van der Waals surface area contributed by atoms with Crippen LogP contribution in [-0.4, -0.2) is 28.3 Å². The van der Waals surface area contributed by atoms with Crippen molar-refractivity contribution in [2.75, 3.05) is 6.54 Å². The first kappa shape index (κ1) is 10.3. The van der Waals surface area contributed by atoms with E-state index in [-0.39, 0.29) is 18.4 Å². The molecule has 1 aromatic carbocycles. The Morgan fingerprint density at radius 1 is 1.35 bits per heavy atom. The number of amides is 1. The summed E-state index contributed by atoms with van der Waals surface area (Å²) >= 11 is 0. The van der Waals surface area contributed by atoms with E-state index in [1.807, 2.05) is 17.0 Å². The molecule has 2 aliphatic heterocycles. The number of hydrogen-bond donors (Lipinski definition) is 1. The summed E-state index contributed by atoms with van der Waals surface area (Å²) in [6.07, 6.45) is 1.83. The second kappa shape index (κ2) is 3.87. The summed E-state index contributed by atoms with van der Waals surface area (Å²) in [4.78, 5) is 13.9. The van der Waals surface area contributed by atoms with Crippen LogP contribution < -0.4 is 0 Å². The molecule has 1 atom stereocenters. The quantitative estimate of drug-likeness (QED) is 0.545. The molecule has 2 heterocycles. The molecule has 4 heteroatoms. The number of carbonyl (C=O) groups is 1. The molecule has 88 valence electrons. The topological polar surface area (TPSA) is 52.9 Å². The van der Waals surface area contributed by atoms with Crippen molar-refractivity contribution >= 4 is 11.6 Å². The highest BCUT2D eigenvalue weighted by molar-refractivity contribution is 6.03. The maximum absolute atomic E-state index is 11.9. The highest BCUT2D eigenvalue weighted by Gasteiger charge is 2.36. The van der Waals surface area contributed by atoms with Crippen LogP contribution in [0.25, 0.3) is 0 Å². The third-order valence-electron chi connectivity index (χ3n) is 3.66. The molecular formula is C13H14N2O2. The van der Waals surface area contributed by atoms with E-state index in [0.717, 1.165) is 13.0 Å². The minimum atomic E-state index is 0.0621. The van der Waals surface area contributed by atoms with Crippen LogP contribution >= 0.6 is 0 Å². The van der Waals surface area contributed by atoms with E-state index in [4.69, 9.17) is 5.21 Å². The Hall–Kier alpha value is -1.84. The van der Waals surface area contributed by atoms with Crippen molar-refractivity contribution in [2.24, 2.45) is 5.16 Å². The molecular weight excluding hydrogens is 216 g/mol. The number of hydrogen-bond acceptors (Lipinski definition) is 3. The molecule has 0 radical (unpaired) electrons. The van der Waals surface area contributed by atoms with E-state index in [1.54, 1.807) is 0 Å². The Morgan fingerprint density at radius 2 is 2.18 bits per heavy atom. The zero-order valence-corrected chi connectivity index (χ0v) is 9.47. The summed E-state index contributed by atoms with van der Waals surface area (Å²) in [7, 11) is 0. The monoisotopic (exact) mass is 230 g/mol. The Balaban J connectivity index is 2.02. The number of benzene rings is 1. The summed E-state index contributed by atoms with van der Waals surface area (Å²) in [5, 5.41) is 12.1. The lowest BCUT2D eigenvalue weighted by Crippen LogP contribution is -2.45. The summed E-state index contributed by atoms with van der Waals surface area (Å²) in [6.45, 7) is 0.777. The zero-order valence-electron chi connectivity index (χ0n) is 9.47. The number of rotatable bonds is 0. The minimum Gasteiger partial charge on any atom is -0.411 e. The first-order chi connectivity index (χ1) is 8.29. The molecule has 4 nitrogen and oxygen atoms in total. The van der Waals surface area contributed by atoms with Crippen molar-refractivity contribution in [1.82, 2.24) is 4.90 Å². The third kappa shape index (κ3) is 1.60. The molecule has 0 saturated carbocycles. The number of carbonyl (C=O) groups excluding carboxylic acids is 1. The second-order valence-electron chi connectivity index (χ2n) is 4.60. The molecule has 0 bridgehead atoms. The Kier molecular flexibility index (Phi) is 2.35. The van der Waals surface area contributed by atoms with Gasteiger partial charge in [-0.25, -0.2) is 0 Å². The predicted molar refractivity (Wildman–Crippen MR) is 63.1 cm³/mol. The first-order valence-electron chi connectivity index (χ1n) is 5.86. The fourth-order valence-corrected chi connectivity index (χ4v) is 2.82. The van der Waals surface area contributed by atoms with Gasteiger partial charge in [0.05, 0.1) is 18.2 Å². The van der Waals surface area contributed by atoms with Crippen LogP contribution in [0.4, 0.5) is 0 Å². The smallest absolute Gasteiger partial charge is 0.228 e. The number of fused-ring (bicyclic) bond motifs is 3. The van der Waals surface area contributed by atoms with Crippen LogP contribution in [0, 0.1) is 0 Å². The van der Waals surface area contributed by atoms with Crippen molar-refractivity contribution in [1.29, 1.82) is 0 Å². The molecule has 1 aromatic rings. The van der Waals surface area contributed by atoms with Gasteiger partial charge in [-0.1, -0.05) is 29.4 Å². The van der Waals surface area contributed by atoms with E-state index in [9.17, 15) is 4.79 Å². The molecule has 17 heavy (non-hydrogen) atoms. The van der Waals surface area contributed by atoms with Crippen molar-refractivity contribution in [3.8, 4) is 0 Å². The van der Waals surface area contributed by atoms with Gasteiger partial charge in [0, 0.05) is 13.0 Å². The Bertz CT molecular complexity index is 496. The normalized spacial score (nSPS) is 25.6. The van der Waals surface area contributed by atoms with Crippen LogP contribution in [0.2, 0.25) is 0 Å². The second-order valence-corrected chi connectivity index (χ2v) is 4.60. The predicted octanol–water partition coefficient (Wildman–Crippen LogP) is 1.74. The molecule has 1 saturated heterocycles. The maximum Gasteiger partial charge on any atom is 0.228 e. The fourth-order valence-electron chi connectivity index (χ4n) is 2.82. The molecule has 0 spiro atoms. The van der Waals surface area contributed by atoms with E-state index >= 15 is 0 Å². The number of oxime groups is 1. The Labute approximate surface area is 99.5 Å². The van der Waals surface area contributed by atoms with Crippen LogP contribution in [0.15, 0.2) is 29.4 Å². The highest BCUT2D eigenvalue weighted by atomic mass is 16.4. The summed E-state index contributed by atoms with van der Waals surface area (Å²) in [5.74, 6) is 0.0727. The van der Waals surface area contributed by atoms with E-state index in [1.165, 1.54) is 11.1 Å². The molecule has 0 aromatic heterocycles. The van der Waals surface area contributed by atoms with Gasteiger partial charge < -0.3 is 10.1 Å². The summed E-state index contributed by atoms with van der Waals surface area (Å²) < 4.78 is 0. The van der Waals surface area contributed by atoms with E-state index in [2.05, 4.69) is 17.3 Å². The van der Waals surface area contributed by atoms with E-state index < -0.39 is 0 Å². The van der Waals surface area contributed by atoms with Gasteiger partial charge in [-0.3, -0.25) is 4.79 Å². The van der Waals surface area contributed by atoms with Crippen LogP contribution in [0.5, 0.6) is 0 Å². The van der Waals surface area contributed by atoms with Gasteiger partial charge >= 0.3 is 0 Å². The van der Waals surface area contributed by atoms with Gasteiger partial charge in [-0.15, -0.1) is 0 Å². The number of nitrogens with zero attached hydrogens (tertiary/aromatic N) is 2. The van der Waals surface area contributed by atoms with Gasteiger partial charge in [0.2, 0.25) is 5.91 Å². The highest BCUT2D eigenvalue weighted by Crippen LogP contribution is 2.35. The van der Waals surface area contributed by atoms with Gasteiger partial charge in [-0.05, 0) is 17.5 Å². The largest absolute Gasteiger partial charge is 0.411 e. The molecule has 1 amide bonds. The summed E-state index contributed by atoms with van der Waals surface area (Å²) in [6, 6.07) is 8.27.